The Balaban J connectivity index is 2.13. The van der Waals surface area contributed by atoms with E-state index >= 15 is 0 Å². The summed E-state index contributed by atoms with van der Waals surface area (Å²) in [4.78, 5) is 0. The average molecular weight is 289 g/mol. The molecule has 0 saturated carbocycles. The van der Waals surface area contributed by atoms with Crippen molar-refractivity contribution in [3.63, 3.8) is 0 Å². The van der Waals surface area contributed by atoms with E-state index in [0.29, 0.717) is 12.0 Å². The van der Waals surface area contributed by atoms with Crippen LogP contribution in [-0.2, 0) is 12.8 Å². The number of hydrogen-bond donors (Lipinski definition) is 1. The number of hydrogen-bond acceptors (Lipinski definition) is 1. The van der Waals surface area contributed by atoms with Gasteiger partial charge in [-0.2, -0.15) is 0 Å². The van der Waals surface area contributed by atoms with Crippen LogP contribution in [0.2, 0.25) is 0 Å². The van der Waals surface area contributed by atoms with E-state index in [9.17, 15) is 8.78 Å². The molecular formula is C18H21F2N. The third-order valence-electron chi connectivity index (χ3n) is 3.96. The average Bonchev–Trinajstić information content (AvgIpc) is 2.47. The van der Waals surface area contributed by atoms with Crippen molar-refractivity contribution in [2.45, 2.75) is 32.7 Å². The van der Waals surface area contributed by atoms with Crippen molar-refractivity contribution in [1.82, 2.24) is 5.32 Å². The number of halogens is 2. The molecule has 0 radical (unpaired) electrons. The van der Waals surface area contributed by atoms with E-state index in [1.807, 2.05) is 7.05 Å². The Kier molecular flexibility index (Phi) is 5.07. The first-order chi connectivity index (χ1) is 10.0. The first kappa shape index (κ1) is 15.6. The smallest absolute Gasteiger partial charge is 0.162 e. The molecule has 0 spiro atoms. The minimum atomic E-state index is -0.784. The lowest BCUT2D eigenvalue weighted by molar-refractivity contribution is 0.482. The van der Waals surface area contributed by atoms with Crippen LogP contribution in [0.3, 0.4) is 0 Å². The summed E-state index contributed by atoms with van der Waals surface area (Å²) in [6.07, 6.45) is 1.25. The molecule has 2 aromatic carbocycles. The molecule has 0 aliphatic rings. The highest BCUT2D eigenvalue weighted by Gasteiger charge is 2.14. The number of rotatable bonds is 5. The van der Waals surface area contributed by atoms with Crippen LogP contribution >= 0.6 is 0 Å². The predicted molar refractivity (Wildman–Crippen MR) is 82.5 cm³/mol. The molecule has 3 heteroatoms. The highest BCUT2D eigenvalue weighted by Crippen LogP contribution is 2.16. The maximum atomic E-state index is 13.8. The number of nitrogens with one attached hydrogen (secondary N) is 1. The van der Waals surface area contributed by atoms with Crippen LogP contribution in [0.25, 0.3) is 0 Å². The maximum absolute atomic E-state index is 13.8. The van der Waals surface area contributed by atoms with E-state index < -0.39 is 11.6 Å². The molecular weight excluding hydrogens is 268 g/mol. The zero-order valence-electron chi connectivity index (χ0n) is 12.7. The molecule has 21 heavy (non-hydrogen) atoms. The van der Waals surface area contributed by atoms with Crippen LogP contribution in [0.15, 0.2) is 36.4 Å². The topological polar surface area (TPSA) is 12.0 Å². The lowest BCUT2D eigenvalue weighted by Crippen LogP contribution is -2.30. The van der Waals surface area contributed by atoms with Crippen LogP contribution in [0.4, 0.5) is 8.78 Å². The number of aryl methyl sites for hydroxylation is 2. The molecule has 0 heterocycles. The van der Waals surface area contributed by atoms with E-state index in [1.54, 1.807) is 12.1 Å². The van der Waals surface area contributed by atoms with Crippen molar-refractivity contribution in [3.05, 3.63) is 70.3 Å². The minimum Gasteiger partial charge on any atom is -0.316 e. The molecule has 0 aliphatic carbocycles. The summed E-state index contributed by atoms with van der Waals surface area (Å²) < 4.78 is 27.0. The van der Waals surface area contributed by atoms with E-state index in [-0.39, 0.29) is 6.04 Å². The Morgan fingerprint density at radius 1 is 1.00 bits per heavy atom. The van der Waals surface area contributed by atoms with Gasteiger partial charge in [0.25, 0.3) is 0 Å². The zero-order chi connectivity index (χ0) is 15.4. The molecule has 0 saturated heterocycles. The van der Waals surface area contributed by atoms with E-state index in [4.69, 9.17) is 0 Å². The van der Waals surface area contributed by atoms with Gasteiger partial charge in [-0.15, -0.1) is 0 Å². The summed E-state index contributed by atoms with van der Waals surface area (Å²) in [5.74, 6) is -1.52. The lowest BCUT2D eigenvalue weighted by Gasteiger charge is -2.17. The first-order valence-corrected chi connectivity index (χ1v) is 7.17. The fourth-order valence-corrected chi connectivity index (χ4v) is 2.46. The van der Waals surface area contributed by atoms with Gasteiger partial charge in [0.2, 0.25) is 0 Å². The van der Waals surface area contributed by atoms with Crippen LogP contribution in [-0.4, -0.2) is 13.1 Å². The van der Waals surface area contributed by atoms with Crippen molar-refractivity contribution in [2.75, 3.05) is 7.05 Å². The molecule has 2 rings (SSSR count). The fourth-order valence-electron chi connectivity index (χ4n) is 2.46. The fraction of sp³-hybridized carbons (Fsp3) is 0.333. The second-order valence-electron chi connectivity index (χ2n) is 5.53. The molecule has 0 amide bonds. The quantitative estimate of drug-likeness (QED) is 0.878. The Morgan fingerprint density at radius 2 is 1.76 bits per heavy atom. The molecule has 2 aromatic rings. The van der Waals surface area contributed by atoms with Crippen molar-refractivity contribution < 1.29 is 8.78 Å². The predicted octanol–water partition coefficient (Wildman–Crippen LogP) is 3.95. The molecule has 1 atom stereocenters. The second kappa shape index (κ2) is 6.81. The third kappa shape index (κ3) is 3.88. The molecule has 112 valence electrons. The first-order valence-electron chi connectivity index (χ1n) is 7.17. The van der Waals surface area contributed by atoms with E-state index in [1.165, 1.54) is 16.7 Å². The molecule has 1 unspecified atom stereocenters. The standard InChI is InChI=1S/C18H21F2N/c1-12-7-8-14(9-13(12)2)10-16(21-3)11-15-5-4-6-17(19)18(15)20/h4-9,16,21H,10-11H2,1-3H3. The highest BCUT2D eigenvalue weighted by atomic mass is 19.2. The Labute approximate surface area is 125 Å². The Bertz CT molecular complexity index is 623. The summed E-state index contributed by atoms with van der Waals surface area (Å²) in [7, 11) is 1.85. The zero-order valence-corrected chi connectivity index (χ0v) is 12.7. The van der Waals surface area contributed by atoms with Gasteiger partial charge in [0.1, 0.15) is 0 Å². The van der Waals surface area contributed by atoms with Gasteiger partial charge < -0.3 is 5.32 Å². The van der Waals surface area contributed by atoms with Crippen molar-refractivity contribution >= 4 is 0 Å². The van der Waals surface area contributed by atoms with Crippen LogP contribution in [0.1, 0.15) is 22.3 Å². The monoisotopic (exact) mass is 289 g/mol. The van der Waals surface area contributed by atoms with Gasteiger partial charge in [-0.3, -0.25) is 0 Å². The summed E-state index contributed by atoms with van der Waals surface area (Å²) in [6.45, 7) is 4.16. The van der Waals surface area contributed by atoms with Gasteiger partial charge >= 0.3 is 0 Å². The van der Waals surface area contributed by atoms with Gasteiger partial charge in [0.15, 0.2) is 11.6 Å². The van der Waals surface area contributed by atoms with Gasteiger partial charge in [-0.05, 0) is 62.1 Å². The van der Waals surface area contributed by atoms with Crippen molar-refractivity contribution in [1.29, 1.82) is 0 Å². The minimum absolute atomic E-state index is 0.0726. The molecule has 0 fully saturated rings. The molecule has 1 nitrogen and oxygen atoms in total. The van der Waals surface area contributed by atoms with Crippen LogP contribution < -0.4 is 5.32 Å². The van der Waals surface area contributed by atoms with E-state index in [0.717, 1.165) is 12.5 Å². The number of likely N-dealkylation sites (N-methyl/N-ethyl adjacent to an activating group) is 1. The van der Waals surface area contributed by atoms with Crippen molar-refractivity contribution in [2.24, 2.45) is 0 Å². The van der Waals surface area contributed by atoms with Gasteiger partial charge in [0.05, 0.1) is 0 Å². The number of benzene rings is 2. The maximum Gasteiger partial charge on any atom is 0.162 e. The van der Waals surface area contributed by atoms with Gasteiger partial charge in [-0.25, -0.2) is 8.78 Å². The largest absolute Gasteiger partial charge is 0.316 e. The molecule has 0 aromatic heterocycles. The SMILES string of the molecule is CNC(Cc1ccc(C)c(C)c1)Cc1cccc(F)c1F. The highest BCUT2D eigenvalue weighted by molar-refractivity contribution is 5.30. The van der Waals surface area contributed by atoms with Crippen LogP contribution in [0.5, 0.6) is 0 Å². The Hall–Kier alpha value is -1.74. The van der Waals surface area contributed by atoms with Gasteiger partial charge in [0, 0.05) is 6.04 Å². The summed E-state index contributed by atoms with van der Waals surface area (Å²) in [5.41, 5.74) is 4.13. The van der Waals surface area contributed by atoms with Crippen LogP contribution in [0, 0.1) is 25.5 Å². The summed E-state index contributed by atoms with van der Waals surface area (Å²) in [5, 5.41) is 3.19. The molecule has 0 aliphatic heterocycles. The summed E-state index contributed by atoms with van der Waals surface area (Å²) >= 11 is 0. The molecule has 1 N–H and O–H groups in total. The van der Waals surface area contributed by atoms with Crippen molar-refractivity contribution in [3.8, 4) is 0 Å². The normalized spacial score (nSPS) is 12.4. The lowest BCUT2D eigenvalue weighted by atomic mass is 9.96. The van der Waals surface area contributed by atoms with Gasteiger partial charge in [-0.1, -0.05) is 30.3 Å². The third-order valence-corrected chi connectivity index (χ3v) is 3.96. The second-order valence-corrected chi connectivity index (χ2v) is 5.53. The summed E-state index contributed by atoms with van der Waals surface area (Å²) in [6, 6.07) is 10.8. The molecule has 0 bridgehead atoms. The Morgan fingerprint density at radius 3 is 2.43 bits per heavy atom. The van der Waals surface area contributed by atoms with E-state index in [2.05, 4.69) is 37.4 Å².